The fraction of sp³-hybridized carbons (Fsp3) is 0.692. The summed E-state index contributed by atoms with van der Waals surface area (Å²) in [6.45, 7) is 7.17. The Balaban J connectivity index is 0. The van der Waals surface area contributed by atoms with E-state index in [4.69, 9.17) is 10.2 Å². The standard InChI is InChI=1S/C9H20O2.C4H6O/c10-8-6-4-2-1-3-5-7-9-11;1-3-5-4-2/h10-11H,1-9H2;3-4H,1-2H2. The van der Waals surface area contributed by atoms with E-state index < -0.39 is 0 Å². The van der Waals surface area contributed by atoms with Gasteiger partial charge in [0.2, 0.25) is 0 Å². The van der Waals surface area contributed by atoms with Gasteiger partial charge in [0, 0.05) is 13.2 Å². The first-order chi connectivity index (χ1) is 7.83. The van der Waals surface area contributed by atoms with Gasteiger partial charge >= 0.3 is 0 Å². The summed E-state index contributed by atoms with van der Waals surface area (Å²) < 4.78 is 4.36. The van der Waals surface area contributed by atoms with Crippen LogP contribution in [0.3, 0.4) is 0 Å². The van der Waals surface area contributed by atoms with Crippen LogP contribution in [0, 0.1) is 0 Å². The summed E-state index contributed by atoms with van der Waals surface area (Å²) >= 11 is 0. The van der Waals surface area contributed by atoms with Crippen molar-refractivity contribution in [1.29, 1.82) is 0 Å². The van der Waals surface area contributed by atoms with Crippen molar-refractivity contribution in [3.05, 3.63) is 25.7 Å². The van der Waals surface area contributed by atoms with Crippen LogP contribution >= 0.6 is 0 Å². The molecule has 0 aliphatic heterocycles. The number of unbranched alkanes of at least 4 members (excludes halogenated alkanes) is 6. The molecule has 0 bridgehead atoms. The van der Waals surface area contributed by atoms with E-state index in [0.29, 0.717) is 13.2 Å². The zero-order valence-corrected chi connectivity index (χ0v) is 10.2. The van der Waals surface area contributed by atoms with Gasteiger partial charge in [-0.2, -0.15) is 0 Å². The highest BCUT2D eigenvalue weighted by Gasteiger charge is 1.89. The van der Waals surface area contributed by atoms with Gasteiger partial charge in [-0.1, -0.05) is 45.3 Å². The average molecular weight is 230 g/mol. The third-order valence-electron chi connectivity index (χ3n) is 2.01. The van der Waals surface area contributed by atoms with Crippen LogP contribution in [0.5, 0.6) is 0 Å². The Morgan fingerprint density at radius 2 is 1.00 bits per heavy atom. The molecule has 16 heavy (non-hydrogen) atoms. The number of hydrogen-bond acceptors (Lipinski definition) is 3. The Morgan fingerprint density at radius 3 is 1.19 bits per heavy atom. The molecule has 0 saturated carbocycles. The number of aliphatic hydroxyl groups excluding tert-OH is 2. The topological polar surface area (TPSA) is 49.7 Å². The van der Waals surface area contributed by atoms with E-state index in [2.05, 4.69) is 17.9 Å². The summed E-state index contributed by atoms with van der Waals surface area (Å²) in [4.78, 5) is 0. The van der Waals surface area contributed by atoms with Crippen LogP contribution in [-0.4, -0.2) is 23.4 Å². The molecule has 0 aromatic carbocycles. The molecular weight excluding hydrogens is 204 g/mol. The van der Waals surface area contributed by atoms with Gasteiger partial charge in [-0.25, -0.2) is 0 Å². The summed E-state index contributed by atoms with van der Waals surface area (Å²) in [6.07, 6.45) is 10.5. The van der Waals surface area contributed by atoms with Crippen LogP contribution in [-0.2, 0) is 4.74 Å². The molecule has 0 aliphatic carbocycles. The maximum Gasteiger partial charge on any atom is 0.0829 e. The second kappa shape index (κ2) is 19.7. The van der Waals surface area contributed by atoms with Crippen LogP contribution in [0.1, 0.15) is 44.9 Å². The van der Waals surface area contributed by atoms with Gasteiger partial charge in [-0.3, -0.25) is 0 Å². The number of aliphatic hydroxyl groups is 2. The van der Waals surface area contributed by atoms with Crippen molar-refractivity contribution < 1.29 is 14.9 Å². The van der Waals surface area contributed by atoms with Gasteiger partial charge in [-0.15, -0.1) is 0 Å². The molecule has 0 heterocycles. The predicted octanol–water partition coefficient (Wildman–Crippen LogP) is 2.99. The normalized spacial score (nSPS) is 8.88. The fourth-order valence-electron chi connectivity index (χ4n) is 1.18. The lowest BCUT2D eigenvalue weighted by Crippen LogP contribution is -1.85. The largest absolute Gasteiger partial charge is 0.474 e. The quantitative estimate of drug-likeness (QED) is 0.448. The first-order valence-electron chi connectivity index (χ1n) is 5.92. The van der Waals surface area contributed by atoms with Gasteiger partial charge < -0.3 is 14.9 Å². The van der Waals surface area contributed by atoms with Crippen molar-refractivity contribution >= 4 is 0 Å². The van der Waals surface area contributed by atoms with E-state index in [9.17, 15) is 0 Å². The maximum atomic E-state index is 8.47. The average Bonchev–Trinajstić information content (AvgIpc) is 2.30. The highest BCUT2D eigenvalue weighted by atomic mass is 16.5. The Bertz CT molecular complexity index is 121. The molecule has 0 atom stereocenters. The Labute approximate surface area is 99.4 Å². The lowest BCUT2D eigenvalue weighted by molar-refractivity contribution is 0.278. The second-order valence-electron chi connectivity index (χ2n) is 3.39. The van der Waals surface area contributed by atoms with Crippen molar-refractivity contribution in [3.63, 3.8) is 0 Å². The summed E-state index contributed by atoms with van der Waals surface area (Å²) in [6, 6.07) is 0. The van der Waals surface area contributed by atoms with E-state index in [1.807, 2.05) is 0 Å². The third kappa shape index (κ3) is 23.2. The molecule has 3 nitrogen and oxygen atoms in total. The molecule has 96 valence electrons. The van der Waals surface area contributed by atoms with E-state index >= 15 is 0 Å². The molecule has 2 N–H and O–H groups in total. The van der Waals surface area contributed by atoms with Crippen LogP contribution in [0.4, 0.5) is 0 Å². The fourth-order valence-corrected chi connectivity index (χ4v) is 1.18. The molecule has 0 rings (SSSR count). The zero-order chi connectivity index (χ0) is 12.5. The minimum atomic E-state index is 0.330. The summed E-state index contributed by atoms with van der Waals surface area (Å²) in [7, 11) is 0. The molecule has 0 spiro atoms. The minimum Gasteiger partial charge on any atom is -0.474 e. The number of rotatable bonds is 10. The predicted molar refractivity (Wildman–Crippen MR) is 68.0 cm³/mol. The van der Waals surface area contributed by atoms with Crippen molar-refractivity contribution in [3.8, 4) is 0 Å². The monoisotopic (exact) mass is 230 g/mol. The molecule has 0 unspecified atom stereocenters. The summed E-state index contributed by atoms with van der Waals surface area (Å²) in [5.74, 6) is 0. The van der Waals surface area contributed by atoms with Gasteiger partial charge in [0.1, 0.15) is 0 Å². The molecule has 0 fully saturated rings. The molecule has 0 amide bonds. The highest BCUT2D eigenvalue weighted by molar-refractivity contribution is 4.57. The van der Waals surface area contributed by atoms with Gasteiger partial charge in [0.05, 0.1) is 12.5 Å². The molecule has 0 aromatic heterocycles. The van der Waals surface area contributed by atoms with Crippen molar-refractivity contribution in [2.75, 3.05) is 13.2 Å². The van der Waals surface area contributed by atoms with E-state index in [1.54, 1.807) is 0 Å². The molecule has 3 heteroatoms. The number of ether oxygens (including phenoxy) is 1. The van der Waals surface area contributed by atoms with Crippen molar-refractivity contribution in [2.45, 2.75) is 44.9 Å². The molecule has 0 aliphatic rings. The van der Waals surface area contributed by atoms with Crippen LogP contribution < -0.4 is 0 Å². The lowest BCUT2D eigenvalue weighted by Gasteiger charge is -1.98. The Morgan fingerprint density at radius 1 is 0.688 bits per heavy atom. The van der Waals surface area contributed by atoms with Crippen LogP contribution in [0.2, 0.25) is 0 Å². The van der Waals surface area contributed by atoms with Crippen LogP contribution in [0.15, 0.2) is 25.7 Å². The smallest absolute Gasteiger partial charge is 0.0829 e. The van der Waals surface area contributed by atoms with Crippen molar-refractivity contribution in [1.82, 2.24) is 0 Å². The van der Waals surface area contributed by atoms with Gasteiger partial charge in [-0.05, 0) is 12.8 Å². The second-order valence-corrected chi connectivity index (χ2v) is 3.39. The molecule has 0 saturated heterocycles. The SMILES string of the molecule is C=COC=C.OCCCCCCCCCO. The maximum absolute atomic E-state index is 8.47. The Hall–Kier alpha value is -0.800. The highest BCUT2D eigenvalue weighted by Crippen LogP contribution is 2.06. The lowest BCUT2D eigenvalue weighted by atomic mass is 10.1. The Kier molecular flexibility index (Phi) is 21.7. The van der Waals surface area contributed by atoms with Gasteiger partial charge in [0.15, 0.2) is 0 Å². The molecular formula is C13H26O3. The summed E-state index contributed by atoms with van der Waals surface area (Å²) in [5, 5.41) is 16.9. The molecule has 0 radical (unpaired) electrons. The molecule has 0 aromatic rings. The van der Waals surface area contributed by atoms with Crippen LogP contribution in [0.25, 0.3) is 0 Å². The van der Waals surface area contributed by atoms with E-state index in [-0.39, 0.29) is 0 Å². The van der Waals surface area contributed by atoms with E-state index in [1.165, 1.54) is 31.8 Å². The summed E-state index contributed by atoms with van der Waals surface area (Å²) in [5.41, 5.74) is 0. The third-order valence-corrected chi connectivity index (χ3v) is 2.01. The van der Waals surface area contributed by atoms with E-state index in [0.717, 1.165) is 25.7 Å². The van der Waals surface area contributed by atoms with Gasteiger partial charge in [0.25, 0.3) is 0 Å². The minimum absolute atomic E-state index is 0.330. The first-order valence-corrected chi connectivity index (χ1v) is 5.92. The number of hydrogen-bond donors (Lipinski definition) is 2. The first kappa shape index (κ1) is 17.6. The zero-order valence-electron chi connectivity index (χ0n) is 10.2. The van der Waals surface area contributed by atoms with Crippen molar-refractivity contribution in [2.24, 2.45) is 0 Å².